The molecule has 4 nitrogen and oxygen atoms in total. The summed E-state index contributed by atoms with van der Waals surface area (Å²) in [6, 6.07) is 15.4. The Morgan fingerprint density at radius 2 is 1.70 bits per heavy atom. The number of rotatable bonds is 5. The minimum absolute atomic E-state index is 0.0592. The Kier molecular flexibility index (Phi) is 4.05. The number of aliphatic carboxylic acids is 1. The van der Waals surface area contributed by atoms with Crippen molar-refractivity contribution in [2.45, 2.75) is 12.0 Å². The fourth-order valence-corrected chi connectivity index (χ4v) is 2.14. The standard InChI is InChI=1S/C16H16O4/c1-20-14-10-6-5-7-12(14)11-16(19,15(17)18)13-8-3-2-4-9-13/h2-10,19H,11H2,1H3,(H,17,18). The lowest BCUT2D eigenvalue weighted by Crippen LogP contribution is -2.38. The Bertz CT molecular complexity index is 594. The van der Waals surface area contributed by atoms with Gasteiger partial charge < -0.3 is 14.9 Å². The maximum absolute atomic E-state index is 11.5. The van der Waals surface area contributed by atoms with Gasteiger partial charge in [0.2, 0.25) is 0 Å². The molecule has 0 saturated heterocycles. The van der Waals surface area contributed by atoms with Crippen LogP contribution >= 0.6 is 0 Å². The van der Waals surface area contributed by atoms with E-state index in [-0.39, 0.29) is 6.42 Å². The first kappa shape index (κ1) is 14.1. The number of carboxylic acids is 1. The van der Waals surface area contributed by atoms with Crippen molar-refractivity contribution in [3.05, 3.63) is 65.7 Å². The monoisotopic (exact) mass is 272 g/mol. The average molecular weight is 272 g/mol. The van der Waals surface area contributed by atoms with Crippen LogP contribution in [0.25, 0.3) is 0 Å². The van der Waals surface area contributed by atoms with E-state index in [1.807, 2.05) is 0 Å². The van der Waals surface area contributed by atoms with Crippen LogP contribution in [0.3, 0.4) is 0 Å². The molecule has 2 N–H and O–H groups in total. The van der Waals surface area contributed by atoms with Gasteiger partial charge in [-0.15, -0.1) is 0 Å². The van der Waals surface area contributed by atoms with Gasteiger partial charge >= 0.3 is 5.97 Å². The molecule has 0 bridgehead atoms. The molecule has 0 saturated carbocycles. The maximum atomic E-state index is 11.5. The Morgan fingerprint density at radius 3 is 2.30 bits per heavy atom. The molecule has 0 amide bonds. The number of ether oxygens (including phenoxy) is 1. The quantitative estimate of drug-likeness (QED) is 0.875. The Hall–Kier alpha value is -2.33. The molecule has 2 rings (SSSR count). The van der Waals surface area contributed by atoms with E-state index in [9.17, 15) is 15.0 Å². The molecule has 104 valence electrons. The van der Waals surface area contributed by atoms with Crippen LogP contribution in [0.2, 0.25) is 0 Å². The summed E-state index contributed by atoms with van der Waals surface area (Å²) in [5.74, 6) is -0.724. The summed E-state index contributed by atoms with van der Waals surface area (Å²) in [6.45, 7) is 0. The molecule has 1 unspecified atom stereocenters. The number of benzene rings is 2. The fraction of sp³-hybridized carbons (Fsp3) is 0.188. The highest BCUT2D eigenvalue weighted by Crippen LogP contribution is 2.30. The summed E-state index contributed by atoms with van der Waals surface area (Å²) < 4.78 is 5.20. The fourth-order valence-electron chi connectivity index (χ4n) is 2.14. The third kappa shape index (κ3) is 2.65. The van der Waals surface area contributed by atoms with Gasteiger partial charge in [0.15, 0.2) is 5.60 Å². The van der Waals surface area contributed by atoms with Crippen molar-refractivity contribution >= 4 is 5.97 Å². The highest BCUT2D eigenvalue weighted by atomic mass is 16.5. The summed E-state index contributed by atoms with van der Waals surface area (Å²) in [7, 11) is 1.52. The molecule has 1 atom stereocenters. The van der Waals surface area contributed by atoms with Crippen molar-refractivity contribution < 1.29 is 19.7 Å². The zero-order valence-electron chi connectivity index (χ0n) is 11.1. The minimum Gasteiger partial charge on any atom is -0.496 e. The van der Waals surface area contributed by atoms with Crippen molar-refractivity contribution in [3.63, 3.8) is 0 Å². The number of hydrogen-bond donors (Lipinski definition) is 2. The second-order valence-corrected chi connectivity index (χ2v) is 4.52. The summed E-state index contributed by atoms with van der Waals surface area (Å²) in [6.07, 6.45) is -0.0592. The third-order valence-electron chi connectivity index (χ3n) is 3.24. The van der Waals surface area contributed by atoms with Gasteiger partial charge in [0.1, 0.15) is 5.75 Å². The predicted octanol–water partition coefficient (Wildman–Crippen LogP) is 2.21. The normalized spacial score (nSPS) is 13.5. The number of methoxy groups -OCH3 is 1. The van der Waals surface area contributed by atoms with Crippen molar-refractivity contribution in [2.24, 2.45) is 0 Å². The van der Waals surface area contributed by atoms with Gasteiger partial charge in [-0.2, -0.15) is 0 Å². The van der Waals surface area contributed by atoms with E-state index in [0.717, 1.165) is 0 Å². The molecule has 2 aromatic carbocycles. The van der Waals surface area contributed by atoms with Crippen LogP contribution in [-0.4, -0.2) is 23.3 Å². The van der Waals surface area contributed by atoms with Crippen LogP contribution in [0, 0.1) is 0 Å². The van der Waals surface area contributed by atoms with Crippen molar-refractivity contribution in [1.82, 2.24) is 0 Å². The van der Waals surface area contributed by atoms with Gasteiger partial charge in [-0.05, 0) is 17.2 Å². The van der Waals surface area contributed by atoms with Gasteiger partial charge in [0.25, 0.3) is 0 Å². The van der Waals surface area contributed by atoms with Crippen LogP contribution in [0.4, 0.5) is 0 Å². The van der Waals surface area contributed by atoms with E-state index in [2.05, 4.69) is 0 Å². The van der Waals surface area contributed by atoms with Gasteiger partial charge in [0, 0.05) is 6.42 Å². The molecule has 0 fully saturated rings. The Labute approximate surface area is 117 Å². The van der Waals surface area contributed by atoms with E-state index in [4.69, 9.17) is 4.74 Å². The molecular weight excluding hydrogens is 256 g/mol. The van der Waals surface area contributed by atoms with Crippen LogP contribution in [-0.2, 0) is 16.8 Å². The summed E-state index contributed by atoms with van der Waals surface area (Å²) in [5, 5.41) is 20.0. The van der Waals surface area contributed by atoms with E-state index in [1.54, 1.807) is 54.6 Å². The number of aliphatic hydroxyl groups is 1. The van der Waals surface area contributed by atoms with Gasteiger partial charge in [-0.3, -0.25) is 0 Å². The SMILES string of the molecule is COc1ccccc1CC(O)(C(=O)O)c1ccccc1. The molecular formula is C16H16O4. The van der Waals surface area contributed by atoms with Crippen molar-refractivity contribution in [1.29, 1.82) is 0 Å². The molecule has 0 aliphatic carbocycles. The smallest absolute Gasteiger partial charge is 0.340 e. The van der Waals surface area contributed by atoms with Crippen molar-refractivity contribution in [3.8, 4) is 5.75 Å². The molecule has 0 aromatic heterocycles. The van der Waals surface area contributed by atoms with Crippen molar-refractivity contribution in [2.75, 3.05) is 7.11 Å². The molecule has 2 aromatic rings. The second-order valence-electron chi connectivity index (χ2n) is 4.52. The van der Waals surface area contributed by atoms with Gasteiger partial charge in [-0.25, -0.2) is 4.79 Å². The topological polar surface area (TPSA) is 66.8 Å². The Balaban J connectivity index is 2.43. The minimum atomic E-state index is -1.98. The van der Waals surface area contributed by atoms with Gasteiger partial charge in [0.05, 0.1) is 7.11 Å². The summed E-state index contributed by atoms with van der Waals surface area (Å²) >= 11 is 0. The number of carboxylic acid groups (broad SMARTS) is 1. The highest BCUT2D eigenvalue weighted by molar-refractivity contribution is 5.79. The predicted molar refractivity (Wildman–Crippen MR) is 74.7 cm³/mol. The summed E-state index contributed by atoms with van der Waals surface area (Å²) in [5.41, 5.74) is -0.988. The van der Waals surface area contributed by atoms with E-state index >= 15 is 0 Å². The molecule has 0 aliphatic rings. The lowest BCUT2D eigenvalue weighted by atomic mass is 9.87. The first-order valence-electron chi connectivity index (χ1n) is 6.21. The van der Waals surface area contributed by atoms with Crippen LogP contribution in [0.1, 0.15) is 11.1 Å². The van der Waals surface area contributed by atoms with Crippen LogP contribution in [0.5, 0.6) is 5.75 Å². The van der Waals surface area contributed by atoms with Crippen LogP contribution < -0.4 is 4.74 Å². The molecule has 0 heterocycles. The largest absolute Gasteiger partial charge is 0.496 e. The van der Waals surface area contributed by atoms with Gasteiger partial charge in [-0.1, -0.05) is 48.5 Å². The zero-order valence-corrected chi connectivity index (χ0v) is 11.1. The highest BCUT2D eigenvalue weighted by Gasteiger charge is 2.38. The molecule has 4 heteroatoms. The molecule has 0 spiro atoms. The first-order chi connectivity index (χ1) is 9.58. The third-order valence-corrected chi connectivity index (χ3v) is 3.24. The lowest BCUT2D eigenvalue weighted by Gasteiger charge is -2.24. The van der Waals surface area contributed by atoms with E-state index in [1.165, 1.54) is 7.11 Å². The second kappa shape index (κ2) is 5.75. The molecule has 20 heavy (non-hydrogen) atoms. The van der Waals surface area contributed by atoms with Crippen LogP contribution in [0.15, 0.2) is 54.6 Å². The molecule has 0 radical (unpaired) electrons. The van der Waals surface area contributed by atoms with E-state index < -0.39 is 11.6 Å². The molecule has 0 aliphatic heterocycles. The zero-order chi connectivity index (χ0) is 14.6. The lowest BCUT2D eigenvalue weighted by molar-refractivity contribution is -0.159. The number of para-hydroxylation sites is 1. The Morgan fingerprint density at radius 1 is 1.10 bits per heavy atom. The number of hydrogen-bond acceptors (Lipinski definition) is 3. The summed E-state index contributed by atoms with van der Waals surface area (Å²) in [4.78, 5) is 11.5. The van der Waals surface area contributed by atoms with E-state index in [0.29, 0.717) is 16.9 Å². The first-order valence-corrected chi connectivity index (χ1v) is 6.21. The number of carbonyl (C=O) groups is 1. The average Bonchev–Trinajstić information content (AvgIpc) is 2.48. The maximum Gasteiger partial charge on any atom is 0.340 e.